The summed E-state index contributed by atoms with van der Waals surface area (Å²) >= 11 is 2.88. The number of rotatable bonds is 5. The van der Waals surface area contributed by atoms with Crippen LogP contribution in [0.3, 0.4) is 0 Å². The van der Waals surface area contributed by atoms with Crippen molar-refractivity contribution in [3.05, 3.63) is 35.9 Å². The van der Waals surface area contributed by atoms with Crippen molar-refractivity contribution in [2.24, 2.45) is 0 Å². The Hall–Kier alpha value is -1.12. The van der Waals surface area contributed by atoms with E-state index in [1.54, 1.807) is 0 Å². The van der Waals surface area contributed by atoms with Crippen LogP contribution in [0.4, 0.5) is 0 Å². The van der Waals surface area contributed by atoms with Crippen molar-refractivity contribution in [1.29, 1.82) is 0 Å². The second-order valence-corrected chi connectivity index (χ2v) is 5.95. The number of carbonyl (C=O) groups excluding carboxylic acids is 1. The maximum absolute atomic E-state index is 12.7. The van der Waals surface area contributed by atoms with Crippen LogP contribution < -0.4 is 0 Å². The molecule has 0 saturated carbocycles. The normalized spacial score (nSPS) is 19.8. The zero-order valence-electron chi connectivity index (χ0n) is 12.0. The summed E-state index contributed by atoms with van der Waals surface area (Å²) in [5.41, 5.74) is 1.05. The van der Waals surface area contributed by atoms with Crippen LogP contribution in [-0.4, -0.2) is 43.8 Å². The summed E-state index contributed by atoms with van der Waals surface area (Å²) in [7, 11) is 0. The van der Waals surface area contributed by atoms with E-state index in [1.165, 1.54) is 0 Å². The van der Waals surface area contributed by atoms with Crippen LogP contribution in [-0.2, 0) is 9.53 Å². The Labute approximate surface area is 128 Å². The van der Waals surface area contributed by atoms with Crippen LogP contribution in [0.2, 0.25) is 0 Å². The standard InChI is InChI=1S/C16H21NO2Se/c1-3-4-10-14-11-19-16(20)17(14)15(18)12(2)13-8-6-5-7-9-13/h5-9,12,14H,3-4,10-11H2,1-2H3/t12-,14+/m1/s1. The Kier molecular flexibility index (Phi) is 5.38. The van der Waals surface area contributed by atoms with Gasteiger partial charge in [0.1, 0.15) is 0 Å². The second-order valence-electron chi connectivity index (χ2n) is 5.21. The van der Waals surface area contributed by atoms with Gasteiger partial charge in [0.15, 0.2) is 0 Å². The molecule has 3 nitrogen and oxygen atoms in total. The summed E-state index contributed by atoms with van der Waals surface area (Å²) in [5.74, 6) is -0.0334. The van der Waals surface area contributed by atoms with Gasteiger partial charge in [-0.1, -0.05) is 0 Å². The van der Waals surface area contributed by atoms with Crippen molar-refractivity contribution < 1.29 is 9.53 Å². The molecule has 1 aromatic rings. The SMILES string of the molecule is CCCC[C@H]1COC(=[Se])N1C(=O)[C@H](C)c1ccccc1. The summed E-state index contributed by atoms with van der Waals surface area (Å²) in [4.78, 5) is 14.5. The zero-order chi connectivity index (χ0) is 14.5. The van der Waals surface area contributed by atoms with Crippen molar-refractivity contribution in [2.75, 3.05) is 6.61 Å². The van der Waals surface area contributed by atoms with Gasteiger partial charge in [0.05, 0.1) is 0 Å². The van der Waals surface area contributed by atoms with E-state index >= 15 is 0 Å². The van der Waals surface area contributed by atoms with Crippen LogP contribution >= 0.6 is 0 Å². The van der Waals surface area contributed by atoms with Gasteiger partial charge < -0.3 is 0 Å². The molecule has 4 heteroatoms. The summed E-state index contributed by atoms with van der Waals surface area (Å²) in [5, 5.41) is 0. The van der Waals surface area contributed by atoms with E-state index in [9.17, 15) is 4.79 Å². The number of hydrogen-bond acceptors (Lipinski definition) is 2. The van der Waals surface area contributed by atoms with Gasteiger partial charge in [-0.3, -0.25) is 0 Å². The number of carbonyl (C=O) groups is 1. The molecule has 0 aromatic heterocycles. The second kappa shape index (κ2) is 7.05. The van der Waals surface area contributed by atoms with E-state index in [-0.39, 0.29) is 17.9 Å². The van der Waals surface area contributed by atoms with Gasteiger partial charge in [0, 0.05) is 0 Å². The number of unbranched alkanes of at least 4 members (excludes halogenated alkanes) is 1. The van der Waals surface area contributed by atoms with Crippen LogP contribution in [0.15, 0.2) is 30.3 Å². The molecule has 1 aromatic carbocycles. The topological polar surface area (TPSA) is 29.5 Å². The Balaban J connectivity index is 2.11. The average molecular weight is 338 g/mol. The van der Waals surface area contributed by atoms with Crippen molar-refractivity contribution in [3.8, 4) is 0 Å². The number of hydrogen-bond donors (Lipinski definition) is 0. The van der Waals surface area contributed by atoms with Gasteiger partial charge in [0.2, 0.25) is 0 Å². The molecule has 0 bridgehead atoms. The minimum absolute atomic E-state index is 0.114. The summed E-state index contributed by atoms with van der Waals surface area (Å²) in [6, 6.07) is 10.1. The molecule has 2 atom stereocenters. The van der Waals surface area contributed by atoms with Crippen molar-refractivity contribution in [1.82, 2.24) is 4.90 Å². The van der Waals surface area contributed by atoms with Gasteiger partial charge in [-0.15, -0.1) is 0 Å². The number of ether oxygens (including phenoxy) is 1. The third kappa shape index (κ3) is 3.31. The van der Waals surface area contributed by atoms with E-state index in [2.05, 4.69) is 22.5 Å². The molecule has 20 heavy (non-hydrogen) atoms. The molecule has 0 radical (unpaired) electrons. The first-order chi connectivity index (χ1) is 9.65. The third-order valence-electron chi connectivity index (χ3n) is 3.76. The number of benzene rings is 1. The molecule has 108 valence electrons. The molecule has 0 N–H and O–H groups in total. The van der Waals surface area contributed by atoms with Gasteiger partial charge in [0.25, 0.3) is 0 Å². The fourth-order valence-electron chi connectivity index (χ4n) is 2.48. The Morgan fingerprint density at radius 1 is 1.45 bits per heavy atom. The predicted octanol–water partition coefficient (Wildman–Crippen LogP) is 2.46. The van der Waals surface area contributed by atoms with Gasteiger partial charge >= 0.3 is 128 Å². The van der Waals surface area contributed by atoms with Crippen LogP contribution in [0.25, 0.3) is 0 Å². The fourth-order valence-corrected chi connectivity index (χ4v) is 3.12. The Morgan fingerprint density at radius 3 is 2.80 bits per heavy atom. The first-order valence-electron chi connectivity index (χ1n) is 7.20. The molecular formula is C16H21NO2Se. The van der Waals surface area contributed by atoms with E-state index in [4.69, 9.17) is 4.74 Å². The molecule has 1 aliphatic heterocycles. The van der Waals surface area contributed by atoms with Crippen molar-refractivity contribution in [3.63, 3.8) is 0 Å². The molecule has 2 rings (SSSR count). The predicted molar refractivity (Wildman–Crippen MR) is 81.7 cm³/mol. The molecule has 1 amide bonds. The van der Waals surface area contributed by atoms with Crippen molar-refractivity contribution in [2.45, 2.75) is 45.1 Å². The average Bonchev–Trinajstić information content (AvgIpc) is 2.85. The molecule has 0 unspecified atom stereocenters. The molecule has 1 saturated heterocycles. The number of amides is 1. The number of nitrogens with zero attached hydrogens (tertiary/aromatic N) is 1. The van der Waals surface area contributed by atoms with Crippen molar-refractivity contribution >= 4 is 26.2 Å². The van der Waals surface area contributed by atoms with Gasteiger partial charge in [-0.2, -0.15) is 0 Å². The molecule has 1 aliphatic rings. The van der Waals surface area contributed by atoms with E-state index < -0.39 is 0 Å². The quantitative estimate of drug-likeness (QED) is 0.772. The van der Waals surface area contributed by atoms with Gasteiger partial charge in [-0.05, 0) is 0 Å². The summed E-state index contributed by atoms with van der Waals surface area (Å²) in [6.07, 6.45) is 3.25. The Bertz CT molecular complexity index is 475. The first kappa shape index (κ1) is 15.3. The van der Waals surface area contributed by atoms with E-state index in [0.29, 0.717) is 11.3 Å². The van der Waals surface area contributed by atoms with Crippen LogP contribution in [0, 0.1) is 0 Å². The summed E-state index contributed by atoms with van der Waals surface area (Å²) < 4.78 is 6.17. The molecule has 1 heterocycles. The Morgan fingerprint density at radius 2 is 2.15 bits per heavy atom. The molecule has 0 aliphatic carbocycles. The van der Waals surface area contributed by atoms with E-state index in [0.717, 1.165) is 24.8 Å². The maximum atomic E-state index is 12.7. The van der Waals surface area contributed by atoms with E-state index in [1.807, 2.05) is 42.2 Å². The van der Waals surface area contributed by atoms with Crippen LogP contribution in [0.5, 0.6) is 0 Å². The molecular weight excluding hydrogens is 317 g/mol. The molecule has 0 spiro atoms. The molecule has 1 fully saturated rings. The fraction of sp³-hybridized carbons (Fsp3) is 0.500. The zero-order valence-corrected chi connectivity index (χ0v) is 13.8. The monoisotopic (exact) mass is 339 g/mol. The minimum atomic E-state index is -0.148. The third-order valence-corrected chi connectivity index (χ3v) is 4.42. The first-order valence-corrected chi connectivity index (χ1v) is 8.05. The van der Waals surface area contributed by atoms with Gasteiger partial charge in [-0.25, -0.2) is 0 Å². The van der Waals surface area contributed by atoms with Crippen LogP contribution in [0.1, 0.15) is 44.6 Å². The summed E-state index contributed by atoms with van der Waals surface area (Å²) in [6.45, 7) is 4.73.